The lowest BCUT2D eigenvalue weighted by molar-refractivity contribution is -0.122. The summed E-state index contributed by atoms with van der Waals surface area (Å²) in [5, 5.41) is 0. The maximum absolute atomic E-state index is 10.8. The molecule has 0 aromatic carbocycles. The van der Waals surface area contributed by atoms with Gasteiger partial charge in [-0.2, -0.15) is 3.93 Å². The largest absolute Gasteiger partial charge is 0.353 e. The number of urea groups is 1. The van der Waals surface area contributed by atoms with Gasteiger partial charge in [-0.05, 0) is 0 Å². The van der Waals surface area contributed by atoms with Crippen molar-refractivity contribution >= 4 is 55.8 Å². The molecule has 0 N–H and O–H groups in total. The third kappa shape index (κ3) is 1.04. The van der Waals surface area contributed by atoms with Crippen LogP contribution in [0.2, 0.25) is 0 Å². The highest BCUT2D eigenvalue weighted by atomic mass is 79.9. The van der Waals surface area contributed by atoms with Crippen molar-refractivity contribution < 1.29 is 9.59 Å². The topological polar surface area (TPSA) is 40.6 Å². The summed E-state index contributed by atoms with van der Waals surface area (Å²) in [6.07, 6.45) is 0. The van der Waals surface area contributed by atoms with Crippen LogP contribution in [0, 0.1) is 0 Å². The minimum Gasteiger partial charge on any atom is -0.270 e. The first-order valence-electron chi connectivity index (χ1n) is 2.18. The molecule has 0 aliphatic carbocycles. The smallest absolute Gasteiger partial charge is 0.270 e. The number of halogens is 3. The number of alkyl halides is 1. The summed E-state index contributed by atoms with van der Waals surface area (Å²) in [4.78, 5) is 20.8. The van der Waals surface area contributed by atoms with Gasteiger partial charge >= 0.3 is 6.03 Å². The molecule has 1 fully saturated rings. The fraction of sp³-hybridized carbons (Fsp3) is 0.333. The van der Waals surface area contributed by atoms with E-state index in [1.807, 2.05) is 0 Å². The Kier molecular flexibility index (Phi) is 2.21. The Morgan fingerprint density at radius 3 is 2.10 bits per heavy atom. The molecule has 1 aliphatic rings. The molecule has 0 bridgehead atoms. The number of amides is 3. The maximum Gasteiger partial charge on any atom is 0.353 e. The minimum atomic E-state index is -0.763. The summed E-state index contributed by atoms with van der Waals surface area (Å²) in [5.41, 5.74) is 0. The van der Waals surface area contributed by atoms with Crippen LogP contribution in [-0.2, 0) is 4.79 Å². The van der Waals surface area contributed by atoms with Gasteiger partial charge in [0.1, 0.15) is 0 Å². The normalized spacial score (nSPS) is 26.5. The molecule has 0 radical (unpaired) electrons. The second kappa shape index (κ2) is 2.67. The Bertz CT molecular complexity index is 179. The molecular weight excluding hydrogens is 291 g/mol. The Labute approximate surface area is 78.7 Å². The van der Waals surface area contributed by atoms with Crippen molar-refractivity contribution in [3.05, 3.63) is 0 Å². The van der Waals surface area contributed by atoms with Gasteiger partial charge < -0.3 is 0 Å². The van der Waals surface area contributed by atoms with Gasteiger partial charge in [0, 0.05) is 11.8 Å². The van der Waals surface area contributed by atoms with Crippen LogP contribution in [0.5, 0.6) is 0 Å². The third-order valence-electron chi connectivity index (χ3n) is 0.947. The number of imide groups is 1. The first-order valence-corrected chi connectivity index (χ1v) is 4.15. The Morgan fingerprint density at radius 1 is 1.50 bits per heavy atom. The molecule has 0 aromatic rings. The van der Waals surface area contributed by atoms with E-state index >= 15 is 0 Å². The summed E-state index contributed by atoms with van der Waals surface area (Å²) < 4.78 is 1.52. The average molecular weight is 292 g/mol. The molecule has 1 rings (SSSR count). The van der Waals surface area contributed by atoms with Crippen LogP contribution in [0.4, 0.5) is 4.79 Å². The molecule has 56 valence electrons. The minimum absolute atomic E-state index is 0.431. The van der Waals surface area contributed by atoms with E-state index in [1.165, 1.54) is 0 Å². The van der Waals surface area contributed by atoms with Gasteiger partial charge in [0.2, 0.25) is 0 Å². The van der Waals surface area contributed by atoms with Gasteiger partial charge in [0.05, 0.1) is 16.1 Å². The lowest BCUT2D eigenvalue weighted by Crippen LogP contribution is -2.19. The molecule has 0 aromatic heterocycles. The lowest BCUT2D eigenvalue weighted by Gasteiger charge is -2.03. The van der Waals surface area contributed by atoms with Crippen LogP contribution in [0.1, 0.15) is 0 Å². The number of hydrogen-bond acceptors (Lipinski definition) is 2. The van der Waals surface area contributed by atoms with Crippen molar-refractivity contribution in [2.24, 2.45) is 0 Å². The number of hydrogen-bond donors (Lipinski definition) is 0. The van der Waals surface area contributed by atoms with Gasteiger partial charge in [-0.1, -0.05) is 15.9 Å². The van der Waals surface area contributed by atoms with Gasteiger partial charge in [-0.25, -0.2) is 9.21 Å². The molecule has 1 atom stereocenters. The molecule has 1 unspecified atom stereocenters. The van der Waals surface area contributed by atoms with Crippen LogP contribution < -0.4 is 0 Å². The van der Waals surface area contributed by atoms with E-state index in [0.717, 1.165) is 8.34 Å². The molecule has 1 heterocycles. The molecule has 1 saturated heterocycles. The van der Waals surface area contributed by atoms with E-state index in [1.54, 1.807) is 0 Å². The number of rotatable bonds is 0. The number of nitrogens with zero attached hydrogens (tertiary/aromatic N) is 2. The lowest BCUT2D eigenvalue weighted by atomic mass is 10.7. The highest BCUT2D eigenvalue weighted by Gasteiger charge is 2.42. The van der Waals surface area contributed by atoms with Gasteiger partial charge in [-0.15, -0.1) is 0 Å². The fourth-order valence-corrected chi connectivity index (χ4v) is 1.74. The van der Waals surface area contributed by atoms with Crippen molar-refractivity contribution in [3.8, 4) is 0 Å². The quantitative estimate of drug-likeness (QED) is 0.293. The van der Waals surface area contributed by atoms with E-state index in [2.05, 4.69) is 32.1 Å². The van der Waals surface area contributed by atoms with Crippen molar-refractivity contribution in [1.29, 1.82) is 0 Å². The van der Waals surface area contributed by atoms with Crippen LogP contribution in [0.3, 0.4) is 0 Å². The molecule has 0 spiro atoms. The number of carbonyl (C=O) groups is 2. The molecule has 1 aliphatic heterocycles. The molecule has 3 amide bonds. The molecule has 7 heteroatoms. The summed E-state index contributed by atoms with van der Waals surface area (Å²) in [6.45, 7) is 0. The predicted octanol–water partition coefficient (Wildman–Crippen LogP) is 1.44. The summed E-state index contributed by atoms with van der Waals surface area (Å²) >= 11 is 11.0. The standard InChI is InChI=1S/C3HBr2ClN2O2/c4-1-2(9)7(5)3(10)8(1)6/h1H. The van der Waals surface area contributed by atoms with Gasteiger partial charge in [0.25, 0.3) is 5.91 Å². The van der Waals surface area contributed by atoms with Gasteiger partial charge in [-0.3, -0.25) is 4.79 Å². The van der Waals surface area contributed by atoms with Crippen LogP contribution in [-0.4, -0.2) is 25.2 Å². The first-order chi connectivity index (χ1) is 4.55. The average Bonchev–Trinajstić information content (AvgIpc) is 2.07. The van der Waals surface area contributed by atoms with E-state index < -0.39 is 16.9 Å². The van der Waals surface area contributed by atoms with Crippen LogP contribution in [0.15, 0.2) is 0 Å². The van der Waals surface area contributed by atoms with E-state index in [4.69, 9.17) is 11.8 Å². The highest BCUT2D eigenvalue weighted by molar-refractivity contribution is 9.10. The Balaban J connectivity index is 2.89. The Hall–Kier alpha value is 0.190. The second-order valence-electron chi connectivity index (χ2n) is 1.55. The molecule has 4 nitrogen and oxygen atoms in total. The van der Waals surface area contributed by atoms with E-state index in [-0.39, 0.29) is 0 Å². The van der Waals surface area contributed by atoms with Crippen LogP contribution in [0.25, 0.3) is 0 Å². The zero-order chi connectivity index (χ0) is 7.89. The number of carbonyl (C=O) groups excluding carboxylic acids is 2. The third-order valence-corrected chi connectivity index (χ3v) is 2.98. The van der Waals surface area contributed by atoms with Crippen LogP contribution >= 0.6 is 43.9 Å². The summed E-state index contributed by atoms with van der Waals surface area (Å²) in [5.74, 6) is -0.431. The van der Waals surface area contributed by atoms with Crippen molar-refractivity contribution in [2.45, 2.75) is 4.95 Å². The molecule has 10 heavy (non-hydrogen) atoms. The summed E-state index contributed by atoms with van der Waals surface area (Å²) in [6, 6.07) is -0.589. The first kappa shape index (κ1) is 8.29. The van der Waals surface area contributed by atoms with Crippen molar-refractivity contribution in [3.63, 3.8) is 0 Å². The van der Waals surface area contributed by atoms with E-state index in [9.17, 15) is 9.59 Å². The van der Waals surface area contributed by atoms with Crippen molar-refractivity contribution in [1.82, 2.24) is 8.34 Å². The van der Waals surface area contributed by atoms with Gasteiger partial charge in [0.15, 0.2) is 4.95 Å². The molecular formula is C3HBr2ClN2O2. The monoisotopic (exact) mass is 290 g/mol. The van der Waals surface area contributed by atoms with E-state index in [0.29, 0.717) is 0 Å². The Morgan fingerprint density at radius 2 is 2.00 bits per heavy atom. The fourth-order valence-electron chi connectivity index (χ4n) is 0.466. The molecule has 0 saturated carbocycles. The second-order valence-corrected chi connectivity index (χ2v) is 3.49. The zero-order valence-corrected chi connectivity index (χ0v) is 8.35. The maximum atomic E-state index is 10.8. The summed E-state index contributed by atoms with van der Waals surface area (Å²) in [7, 11) is 0. The zero-order valence-electron chi connectivity index (χ0n) is 4.42. The van der Waals surface area contributed by atoms with Crippen molar-refractivity contribution in [2.75, 3.05) is 0 Å². The highest BCUT2D eigenvalue weighted by Crippen LogP contribution is 2.25. The predicted molar refractivity (Wildman–Crippen MR) is 41.6 cm³/mol. The SMILES string of the molecule is O=C1C(Br)N(Cl)C(=O)N1Br.